The Morgan fingerprint density at radius 3 is 2.70 bits per heavy atom. The van der Waals surface area contributed by atoms with Crippen LogP contribution in [0.15, 0.2) is 52.0 Å². The third-order valence-electron chi connectivity index (χ3n) is 3.96. The highest BCUT2D eigenvalue weighted by Crippen LogP contribution is 2.28. The monoisotopic (exact) mass is 407 g/mol. The SMILES string of the molecule is CCOc1ccc2oc(C(=O)N/N=C/c3ccc(OCC#N)c(OCC)c3)cc2c1. The van der Waals surface area contributed by atoms with E-state index in [1.807, 2.05) is 26.0 Å². The lowest BCUT2D eigenvalue weighted by Gasteiger charge is -2.10. The van der Waals surface area contributed by atoms with Crippen LogP contribution >= 0.6 is 0 Å². The van der Waals surface area contributed by atoms with Crippen molar-refractivity contribution >= 4 is 23.1 Å². The number of nitrogens with zero attached hydrogens (tertiary/aromatic N) is 2. The minimum atomic E-state index is -0.473. The van der Waals surface area contributed by atoms with Crippen molar-refractivity contribution in [3.05, 3.63) is 53.8 Å². The first-order valence-corrected chi connectivity index (χ1v) is 9.41. The van der Waals surface area contributed by atoms with Gasteiger partial charge in [0.15, 0.2) is 23.9 Å². The number of benzene rings is 2. The lowest BCUT2D eigenvalue weighted by Crippen LogP contribution is -2.16. The molecule has 0 fully saturated rings. The summed E-state index contributed by atoms with van der Waals surface area (Å²) in [4.78, 5) is 12.3. The summed E-state index contributed by atoms with van der Waals surface area (Å²) in [7, 11) is 0. The van der Waals surface area contributed by atoms with Crippen molar-refractivity contribution in [2.24, 2.45) is 5.10 Å². The number of fused-ring (bicyclic) bond motifs is 1. The van der Waals surface area contributed by atoms with Gasteiger partial charge >= 0.3 is 5.91 Å². The van der Waals surface area contributed by atoms with Crippen LogP contribution in [0.25, 0.3) is 11.0 Å². The van der Waals surface area contributed by atoms with Crippen molar-refractivity contribution in [2.75, 3.05) is 19.8 Å². The second-order valence-corrected chi connectivity index (χ2v) is 6.03. The van der Waals surface area contributed by atoms with Gasteiger partial charge in [-0.2, -0.15) is 10.4 Å². The predicted octanol–water partition coefficient (Wildman–Crippen LogP) is 3.90. The van der Waals surface area contributed by atoms with Gasteiger partial charge in [0.1, 0.15) is 17.4 Å². The molecule has 154 valence electrons. The molecule has 3 rings (SSSR count). The molecular formula is C22H21N3O5. The maximum atomic E-state index is 12.3. The molecule has 0 saturated heterocycles. The first-order valence-electron chi connectivity index (χ1n) is 9.41. The van der Waals surface area contributed by atoms with Crippen LogP contribution in [-0.2, 0) is 0 Å². The third-order valence-corrected chi connectivity index (χ3v) is 3.96. The largest absolute Gasteiger partial charge is 0.494 e. The third kappa shape index (κ3) is 5.08. The normalized spacial score (nSPS) is 10.7. The minimum Gasteiger partial charge on any atom is -0.494 e. The summed E-state index contributed by atoms with van der Waals surface area (Å²) < 4.78 is 21.9. The quantitative estimate of drug-likeness (QED) is 0.426. The van der Waals surface area contributed by atoms with E-state index >= 15 is 0 Å². The number of hydrazone groups is 1. The van der Waals surface area contributed by atoms with E-state index in [0.29, 0.717) is 41.6 Å². The summed E-state index contributed by atoms with van der Waals surface area (Å²) in [5.74, 6) is 1.34. The molecule has 0 spiro atoms. The van der Waals surface area contributed by atoms with Gasteiger partial charge in [-0.1, -0.05) is 0 Å². The number of carbonyl (C=O) groups is 1. The fourth-order valence-electron chi connectivity index (χ4n) is 2.71. The van der Waals surface area contributed by atoms with E-state index in [1.54, 1.807) is 36.4 Å². The van der Waals surface area contributed by atoms with Crippen molar-refractivity contribution in [3.8, 4) is 23.3 Å². The van der Waals surface area contributed by atoms with Crippen molar-refractivity contribution in [1.82, 2.24) is 5.43 Å². The van der Waals surface area contributed by atoms with Gasteiger partial charge in [0.2, 0.25) is 0 Å². The Labute approximate surface area is 173 Å². The fraction of sp³-hybridized carbons (Fsp3) is 0.227. The average Bonchev–Trinajstić information content (AvgIpc) is 3.17. The van der Waals surface area contributed by atoms with E-state index in [9.17, 15) is 4.79 Å². The summed E-state index contributed by atoms with van der Waals surface area (Å²) in [6.45, 7) is 4.67. The first-order chi connectivity index (χ1) is 14.6. The topological polar surface area (TPSA) is 106 Å². The number of nitrogens with one attached hydrogen (secondary N) is 1. The van der Waals surface area contributed by atoms with Gasteiger partial charge < -0.3 is 18.6 Å². The molecule has 0 aliphatic carbocycles. The molecule has 0 atom stereocenters. The Hall–Kier alpha value is -3.99. The molecular weight excluding hydrogens is 386 g/mol. The van der Waals surface area contributed by atoms with Crippen molar-refractivity contribution < 1.29 is 23.4 Å². The first kappa shape index (κ1) is 20.7. The van der Waals surface area contributed by atoms with Gasteiger partial charge in [0, 0.05) is 5.39 Å². The molecule has 1 heterocycles. The van der Waals surface area contributed by atoms with Crippen molar-refractivity contribution in [1.29, 1.82) is 5.26 Å². The van der Waals surface area contributed by atoms with Crippen LogP contribution < -0.4 is 19.6 Å². The summed E-state index contributed by atoms with van der Waals surface area (Å²) in [5.41, 5.74) is 3.71. The van der Waals surface area contributed by atoms with E-state index < -0.39 is 5.91 Å². The van der Waals surface area contributed by atoms with Gasteiger partial charge in [-0.3, -0.25) is 4.79 Å². The van der Waals surface area contributed by atoms with Crippen LogP contribution in [0.1, 0.15) is 30.0 Å². The van der Waals surface area contributed by atoms with Crippen LogP contribution in [0.3, 0.4) is 0 Å². The molecule has 0 aliphatic rings. The highest BCUT2D eigenvalue weighted by atomic mass is 16.5. The molecule has 8 heteroatoms. The Balaban J connectivity index is 1.68. The van der Waals surface area contributed by atoms with E-state index in [-0.39, 0.29) is 12.4 Å². The number of nitriles is 1. The number of ether oxygens (including phenoxy) is 3. The fourth-order valence-corrected chi connectivity index (χ4v) is 2.71. The molecule has 0 saturated carbocycles. The van der Waals surface area contributed by atoms with E-state index in [2.05, 4.69) is 10.5 Å². The molecule has 8 nitrogen and oxygen atoms in total. The Bertz CT molecular complexity index is 1100. The average molecular weight is 407 g/mol. The number of furan rings is 1. The second kappa shape index (κ2) is 9.98. The summed E-state index contributed by atoms with van der Waals surface area (Å²) in [5, 5.41) is 13.4. The van der Waals surface area contributed by atoms with Gasteiger partial charge in [0.25, 0.3) is 0 Å². The Morgan fingerprint density at radius 2 is 1.93 bits per heavy atom. The molecule has 1 aromatic heterocycles. The molecule has 1 amide bonds. The molecule has 0 aliphatic heterocycles. The lowest BCUT2D eigenvalue weighted by atomic mass is 10.2. The Morgan fingerprint density at radius 1 is 1.10 bits per heavy atom. The number of amides is 1. The number of carbonyl (C=O) groups excluding carboxylic acids is 1. The summed E-state index contributed by atoms with van der Waals surface area (Å²) in [6.07, 6.45) is 1.48. The molecule has 0 unspecified atom stereocenters. The highest BCUT2D eigenvalue weighted by Gasteiger charge is 2.12. The molecule has 0 radical (unpaired) electrons. The summed E-state index contributed by atoms with van der Waals surface area (Å²) >= 11 is 0. The van der Waals surface area contributed by atoms with Crippen LogP contribution in [0, 0.1) is 11.3 Å². The maximum absolute atomic E-state index is 12.3. The maximum Gasteiger partial charge on any atom is 0.307 e. The van der Waals surface area contributed by atoms with Gasteiger partial charge in [0.05, 0.1) is 19.4 Å². The van der Waals surface area contributed by atoms with Crippen molar-refractivity contribution in [2.45, 2.75) is 13.8 Å². The van der Waals surface area contributed by atoms with Crippen LogP contribution in [0.5, 0.6) is 17.2 Å². The Kier molecular flexibility index (Phi) is 6.90. The van der Waals surface area contributed by atoms with Gasteiger partial charge in [-0.25, -0.2) is 5.43 Å². The zero-order valence-electron chi connectivity index (χ0n) is 16.7. The zero-order valence-corrected chi connectivity index (χ0v) is 16.7. The summed E-state index contributed by atoms with van der Waals surface area (Å²) in [6, 6.07) is 14.0. The van der Waals surface area contributed by atoms with E-state index in [4.69, 9.17) is 23.9 Å². The van der Waals surface area contributed by atoms with Crippen molar-refractivity contribution in [3.63, 3.8) is 0 Å². The number of rotatable bonds is 9. The number of hydrogen-bond acceptors (Lipinski definition) is 7. The molecule has 0 bridgehead atoms. The van der Waals surface area contributed by atoms with E-state index in [1.165, 1.54) is 6.21 Å². The molecule has 3 aromatic rings. The predicted molar refractivity (Wildman–Crippen MR) is 111 cm³/mol. The van der Waals surface area contributed by atoms with Crippen LogP contribution in [-0.4, -0.2) is 31.9 Å². The second-order valence-electron chi connectivity index (χ2n) is 6.03. The van der Waals surface area contributed by atoms with E-state index in [0.717, 1.165) is 5.39 Å². The van der Waals surface area contributed by atoms with Gasteiger partial charge in [-0.15, -0.1) is 0 Å². The molecule has 1 N–H and O–H groups in total. The lowest BCUT2D eigenvalue weighted by molar-refractivity contribution is 0.0929. The zero-order chi connectivity index (χ0) is 21.3. The molecule has 2 aromatic carbocycles. The number of hydrogen-bond donors (Lipinski definition) is 1. The van der Waals surface area contributed by atoms with Gasteiger partial charge in [-0.05, 0) is 61.9 Å². The van der Waals surface area contributed by atoms with Crippen LogP contribution in [0.4, 0.5) is 0 Å². The smallest absolute Gasteiger partial charge is 0.307 e. The van der Waals surface area contributed by atoms with Crippen LogP contribution in [0.2, 0.25) is 0 Å². The standard InChI is InChI=1S/C22H21N3O5/c1-3-27-17-6-8-18-16(12-17)13-21(30-18)22(26)25-24-14-15-5-7-19(29-10-9-23)20(11-15)28-4-2/h5-8,11-14H,3-4,10H2,1-2H3,(H,25,26)/b24-14+. The molecule has 30 heavy (non-hydrogen) atoms. The minimum absolute atomic E-state index is 0.0763. The highest BCUT2D eigenvalue weighted by molar-refractivity contribution is 5.96.